The number of hydrogen-bond donors (Lipinski definition) is 1. The summed E-state index contributed by atoms with van der Waals surface area (Å²) in [7, 11) is 0. The molecule has 1 aliphatic heterocycles. The van der Waals surface area contributed by atoms with Crippen LogP contribution in [-0.4, -0.2) is 48.1 Å². The Balaban J connectivity index is 1.48. The van der Waals surface area contributed by atoms with E-state index < -0.39 is 0 Å². The molecule has 1 saturated heterocycles. The van der Waals surface area contributed by atoms with Gasteiger partial charge < -0.3 is 15.0 Å². The number of nitrogens with zero attached hydrogens (tertiary/aromatic N) is 2. The average Bonchev–Trinajstić information content (AvgIpc) is 2.82. The summed E-state index contributed by atoms with van der Waals surface area (Å²) < 4.78 is 5.55. The van der Waals surface area contributed by atoms with Crippen molar-refractivity contribution in [3.05, 3.63) is 60.3 Å². The summed E-state index contributed by atoms with van der Waals surface area (Å²) in [5.41, 5.74) is 2.24. The molecule has 0 bridgehead atoms. The normalized spacial score (nSPS) is 16.8. The highest BCUT2D eigenvalue weighted by Gasteiger charge is 2.18. The lowest BCUT2D eigenvalue weighted by Gasteiger charge is -2.33. The van der Waals surface area contributed by atoms with Crippen molar-refractivity contribution in [3.8, 4) is 17.0 Å². The number of ether oxygens (including phenoxy) is 1. The standard InChI is InChI=1S/C27H33N3O2/c1-3-32-23-14-12-21(13-15-23)25-19-22-10-4-5-11-24(22)26(29-25)27(31)28-16-8-18-30-17-7-6-9-20(30)2/h4-5,10-15,19-20H,3,6-9,16-18H2,1-2H3,(H,28,31). The van der Waals surface area contributed by atoms with E-state index in [-0.39, 0.29) is 5.91 Å². The summed E-state index contributed by atoms with van der Waals surface area (Å²) in [6.07, 6.45) is 4.84. The van der Waals surface area contributed by atoms with E-state index in [2.05, 4.69) is 17.1 Å². The Morgan fingerprint density at radius 3 is 2.75 bits per heavy atom. The number of carbonyl (C=O) groups excluding carboxylic acids is 1. The third kappa shape index (κ3) is 5.28. The maximum absolute atomic E-state index is 13.1. The second-order valence-corrected chi connectivity index (χ2v) is 8.52. The van der Waals surface area contributed by atoms with Gasteiger partial charge in [-0.15, -0.1) is 0 Å². The second-order valence-electron chi connectivity index (χ2n) is 8.52. The predicted octanol–water partition coefficient (Wildman–Crippen LogP) is 5.29. The monoisotopic (exact) mass is 431 g/mol. The zero-order valence-corrected chi connectivity index (χ0v) is 19.1. The van der Waals surface area contributed by atoms with Crippen LogP contribution in [-0.2, 0) is 0 Å². The molecule has 32 heavy (non-hydrogen) atoms. The van der Waals surface area contributed by atoms with Gasteiger partial charge in [0.1, 0.15) is 11.4 Å². The van der Waals surface area contributed by atoms with E-state index >= 15 is 0 Å². The van der Waals surface area contributed by atoms with E-state index in [0.29, 0.717) is 24.9 Å². The molecule has 5 nitrogen and oxygen atoms in total. The SMILES string of the molecule is CCOc1ccc(-c2cc3ccccc3c(C(=O)NCCCN3CCCCC3C)n2)cc1. The fourth-order valence-corrected chi connectivity index (χ4v) is 4.47. The Bertz CT molecular complexity index is 1050. The van der Waals surface area contributed by atoms with Crippen molar-refractivity contribution < 1.29 is 9.53 Å². The van der Waals surface area contributed by atoms with E-state index in [1.807, 2.05) is 61.5 Å². The molecule has 1 atom stereocenters. The highest BCUT2D eigenvalue weighted by molar-refractivity contribution is 6.06. The van der Waals surface area contributed by atoms with Crippen LogP contribution in [0.4, 0.5) is 0 Å². The molecule has 0 saturated carbocycles. The van der Waals surface area contributed by atoms with Crippen LogP contribution in [0.25, 0.3) is 22.0 Å². The Morgan fingerprint density at radius 2 is 1.97 bits per heavy atom. The quantitative estimate of drug-likeness (QED) is 0.492. The third-order valence-corrected chi connectivity index (χ3v) is 6.26. The van der Waals surface area contributed by atoms with E-state index in [4.69, 9.17) is 9.72 Å². The van der Waals surface area contributed by atoms with Crippen LogP contribution in [0.15, 0.2) is 54.6 Å². The van der Waals surface area contributed by atoms with Crippen LogP contribution in [0.2, 0.25) is 0 Å². The van der Waals surface area contributed by atoms with Crippen LogP contribution in [0.1, 0.15) is 50.0 Å². The molecule has 1 fully saturated rings. The van der Waals surface area contributed by atoms with Crippen molar-refractivity contribution in [3.63, 3.8) is 0 Å². The maximum Gasteiger partial charge on any atom is 0.270 e. The van der Waals surface area contributed by atoms with Crippen LogP contribution >= 0.6 is 0 Å². The second kappa shape index (κ2) is 10.6. The summed E-state index contributed by atoms with van der Waals surface area (Å²) in [6, 6.07) is 18.5. The predicted molar refractivity (Wildman–Crippen MR) is 130 cm³/mol. The molecular formula is C27H33N3O2. The van der Waals surface area contributed by atoms with Crippen molar-refractivity contribution in [1.29, 1.82) is 0 Å². The Morgan fingerprint density at radius 1 is 1.16 bits per heavy atom. The molecular weight excluding hydrogens is 398 g/mol. The Hall–Kier alpha value is -2.92. The average molecular weight is 432 g/mol. The Labute approximate surface area is 190 Å². The third-order valence-electron chi connectivity index (χ3n) is 6.26. The van der Waals surface area contributed by atoms with Crippen molar-refractivity contribution >= 4 is 16.7 Å². The number of carbonyl (C=O) groups is 1. The van der Waals surface area contributed by atoms with Gasteiger partial charge in [-0.05, 0) is 75.4 Å². The minimum atomic E-state index is -0.110. The fourth-order valence-electron chi connectivity index (χ4n) is 4.47. The fraction of sp³-hybridized carbons (Fsp3) is 0.407. The van der Waals surface area contributed by atoms with Gasteiger partial charge in [0.15, 0.2) is 0 Å². The molecule has 4 rings (SSSR count). The first kappa shape index (κ1) is 22.3. The van der Waals surface area contributed by atoms with Gasteiger partial charge in [0, 0.05) is 30.1 Å². The summed E-state index contributed by atoms with van der Waals surface area (Å²) in [5.74, 6) is 0.721. The molecule has 0 aliphatic carbocycles. The zero-order valence-electron chi connectivity index (χ0n) is 19.1. The molecule has 2 heterocycles. The number of aromatic nitrogens is 1. The molecule has 1 aromatic heterocycles. The van der Waals surface area contributed by atoms with E-state index in [1.165, 1.54) is 25.8 Å². The van der Waals surface area contributed by atoms with Gasteiger partial charge in [0.05, 0.1) is 12.3 Å². The molecule has 168 valence electrons. The number of likely N-dealkylation sites (tertiary alicyclic amines) is 1. The highest BCUT2D eigenvalue weighted by atomic mass is 16.5. The minimum absolute atomic E-state index is 0.110. The van der Waals surface area contributed by atoms with Crippen molar-refractivity contribution in [2.75, 3.05) is 26.2 Å². The number of amides is 1. The van der Waals surface area contributed by atoms with Crippen LogP contribution < -0.4 is 10.1 Å². The molecule has 1 unspecified atom stereocenters. The number of fused-ring (bicyclic) bond motifs is 1. The first-order valence-corrected chi connectivity index (χ1v) is 11.8. The maximum atomic E-state index is 13.1. The number of hydrogen-bond acceptors (Lipinski definition) is 4. The summed E-state index contributed by atoms with van der Waals surface area (Å²) >= 11 is 0. The van der Waals surface area contributed by atoms with Gasteiger partial charge in [-0.1, -0.05) is 30.7 Å². The molecule has 1 amide bonds. The van der Waals surface area contributed by atoms with E-state index in [0.717, 1.165) is 40.7 Å². The number of nitrogens with one attached hydrogen (secondary N) is 1. The van der Waals surface area contributed by atoms with Gasteiger partial charge in [0.25, 0.3) is 5.91 Å². The number of benzene rings is 2. The Kier molecular flexibility index (Phi) is 7.38. The summed E-state index contributed by atoms with van der Waals surface area (Å²) in [4.78, 5) is 20.4. The van der Waals surface area contributed by atoms with Crippen LogP contribution in [0.5, 0.6) is 5.75 Å². The molecule has 0 radical (unpaired) electrons. The van der Waals surface area contributed by atoms with Crippen LogP contribution in [0.3, 0.4) is 0 Å². The van der Waals surface area contributed by atoms with E-state index in [9.17, 15) is 4.79 Å². The van der Waals surface area contributed by atoms with E-state index in [1.54, 1.807) is 0 Å². The van der Waals surface area contributed by atoms with Gasteiger partial charge in [0.2, 0.25) is 0 Å². The van der Waals surface area contributed by atoms with Crippen molar-refractivity contribution in [2.45, 2.75) is 45.6 Å². The molecule has 3 aromatic rings. The lowest BCUT2D eigenvalue weighted by molar-refractivity contribution is 0.0946. The van der Waals surface area contributed by atoms with Crippen molar-refractivity contribution in [1.82, 2.24) is 15.2 Å². The summed E-state index contributed by atoms with van der Waals surface area (Å²) in [6.45, 7) is 7.77. The minimum Gasteiger partial charge on any atom is -0.494 e. The molecule has 1 N–H and O–H groups in total. The number of pyridine rings is 1. The van der Waals surface area contributed by atoms with Gasteiger partial charge in [-0.25, -0.2) is 4.98 Å². The molecule has 5 heteroatoms. The largest absolute Gasteiger partial charge is 0.494 e. The van der Waals surface area contributed by atoms with Gasteiger partial charge in [-0.3, -0.25) is 4.79 Å². The van der Waals surface area contributed by atoms with Gasteiger partial charge >= 0.3 is 0 Å². The topological polar surface area (TPSA) is 54.5 Å². The van der Waals surface area contributed by atoms with Crippen molar-refractivity contribution in [2.24, 2.45) is 0 Å². The lowest BCUT2D eigenvalue weighted by atomic mass is 10.0. The smallest absolute Gasteiger partial charge is 0.270 e. The van der Waals surface area contributed by atoms with Gasteiger partial charge in [-0.2, -0.15) is 0 Å². The summed E-state index contributed by atoms with van der Waals surface area (Å²) in [5, 5.41) is 4.99. The first-order chi connectivity index (χ1) is 15.7. The number of piperidine rings is 1. The zero-order chi connectivity index (χ0) is 22.3. The lowest BCUT2D eigenvalue weighted by Crippen LogP contribution is -2.39. The molecule has 2 aromatic carbocycles. The first-order valence-electron chi connectivity index (χ1n) is 11.8. The number of rotatable bonds is 8. The molecule has 1 aliphatic rings. The highest BCUT2D eigenvalue weighted by Crippen LogP contribution is 2.26. The van der Waals surface area contributed by atoms with Crippen LogP contribution in [0, 0.1) is 0 Å². The molecule has 0 spiro atoms.